The van der Waals surface area contributed by atoms with Crippen molar-refractivity contribution in [2.75, 3.05) is 13.2 Å². The Labute approximate surface area is 95.0 Å². The topological polar surface area (TPSA) is 38.7 Å². The highest BCUT2D eigenvalue weighted by atomic mass is 16.6. The van der Waals surface area contributed by atoms with Crippen LogP contribution in [0.3, 0.4) is 0 Å². The number of aliphatic hydroxyl groups is 1. The Morgan fingerprint density at radius 2 is 1.88 bits per heavy atom. The summed E-state index contributed by atoms with van der Waals surface area (Å²) in [6.45, 7) is 1.26. The number of fused-ring (bicyclic) bond motifs is 1. The summed E-state index contributed by atoms with van der Waals surface area (Å²) in [6.07, 6.45) is 2.73. The minimum absolute atomic E-state index is 0.127. The fraction of sp³-hybridized carbons (Fsp3) is 0.538. The van der Waals surface area contributed by atoms with E-state index in [2.05, 4.69) is 12.1 Å². The zero-order chi connectivity index (χ0) is 11.0. The molecule has 3 nitrogen and oxygen atoms in total. The molecule has 1 aliphatic heterocycles. The van der Waals surface area contributed by atoms with Gasteiger partial charge in [0.25, 0.3) is 0 Å². The quantitative estimate of drug-likeness (QED) is 0.787. The van der Waals surface area contributed by atoms with E-state index in [1.54, 1.807) is 0 Å². The molecular formula is C13H16O3. The molecule has 1 aromatic rings. The van der Waals surface area contributed by atoms with Gasteiger partial charge in [-0.15, -0.1) is 0 Å². The van der Waals surface area contributed by atoms with Crippen LogP contribution in [0.25, 0.3) is 0 Å². The molecule has 0 amide bonds. The number of hydrogen-bond acceptors (Lipinski definition) is 3. The van der Waals surface area contributed by atoms with Gasteiger partial charge in [-0.3, -0.25) is 0 Å². The molecule has 1 heterocycles. The second-order valence-corrected chi connectivity index (χ2v) is 4.57. The number of aliphatic hydroxyl groups excluding tert-OH is 1. The molecule has 2 aliphatic rings. The third-order valence-electron chi connectivity index (χ3n) is 3.44. The van der Waals surface area contributed by atoms with Crippen LogP contribution in [0.4, 0.5) is 0 Å². The van der Waals surface area contributed by atoms with Crippen molar-refractivity contribution in [3.63, 3.8) is 0 Å². The molecule has 1 fully saturated rings. The minimum atomic E-state index is -0.127. The summed E-state index contributed by atoms with van der Waals surface area (Å²) in [5, 5.41) is 9.54. The van der Waals surface area contributed by atoms with E-state index in [0.717, 1.165) is 30.8 Å². The van der Waals surface area contributed by atoms with Crippen molar-refractivity contribution >= 4 is 0 Å². The SMILES string of the molecule is OC1CCC(c2ccc3c(c2)OCCO3)C1. The molecule has 0 aromatic heterocycles. The predicted octanol–water partition coefficient (Wildman–Crippen LogP) is 2.09. The van der Waals surface area contributed by atoms with E-state index in [4.69, 9.17) is 9.47 Å². The van der Waals surface area contributed by atoms with Gasteiger partial charge < -0.3 is 14.6 Å². The summed E-state index contributed by atoms with van der Waals surface area (Å²) in [4.78, 5) is 0. The van der Waals surface area contributed by atoms with Gasteiger partial charge in [0, 0.05) is 0 Å². The molecular weight excluding hydrogens is 204 g/mol. The zero-order valence-corrected chi connectivity index (χ0v) is 9.19. The van der Waals surface area contributed by atoms with Crippen LogP contribution >= 0.6 is 0 Å². The molecule has 2 atom stereocenters. The van der Waals surface area contributed by atoms with Crippen molar-refractivity contribution in [2.24, 2.45) is 0 Å². The molecule has 1 aromatic carbocycles. The lowest BCUT2D eigenvalue weighted by Gasteiger charge is -2.20. The number of benzene rings is 1. The minimum Gasteiger partial charge on any atom is -0.486 e. The van der Waals surface area contributed by atoms with Crippen LogP contribution in [0.1, 0.15) is 30.7 Å². The van der Waals surface area contributed by atoms with Gasteiger partial charge in [0.1, 0.15) is 13.2 Å². The molecule has 1 saturated carbocycles. The summed E-state index contributed by atoms with van der Waals surface area (Å²) in [5.74, 6) is 2.17. The van der Waals surface area contributed by atoms with Crippen molar-refractivity contribution in [3.8, 4) is 11.5 Å². The van der Waals surface area contributed by atoms with E-state index < -0.39 is 0 Å². The fourth-order valence-corrected chi connectivity index (χ4v) is 2.57. The Hall–Kier alpha value is -1.22. The highest BCUT2D eigenvalue weighted by molar-refractivity contribution is 5.45. The standard InChI is InChI=1S/C13H16O3/c14-11-3-1-9(7-11)10-2-4-12-13(8-10)16-6-5-15-12/h2,4,8-9,11,14H,1,3,5-7H2. The lowest BCUT2D eigenvalue weighted by molar-refractivity contribution is 0.171. The lowest BCUT2D eigenvalue weighted by Crippen LogP contribution is -2.15. The Morgan fingerprint density at radius 1 is 1.06 bits per heavy atom. The van der Waals surface area contributed by atoms with Crippen molar-refractivity contribution in [3.05, 3.63) is 23.8 Å². The second-order valence-electron chi connectivity index (χ2n) is 4.57. The normalized spacial score (nSPS) is 28.1. The van der Waals surface area contributed by atoms with Gasteiger partial charge in [-0.25, -0.2) is 0 Å². The maximum absolute atomic E-state index is 9.54. The van der Waals surface area contributed by atoms with E-state index in [9.17, 15) is 5.11 Å². The number of hydrogen-bond donors (Lipinski definition) is 1. The van der Waals surface area contributed by atoms with Crippen LogP contribution in [-0.2, 0) is 0 Å². The van der Waals surface area contributed by atoms with Gasteiger partial charge in [0.05, 0.1) is 6.10 Å². The van der Waals surface area contributed by atoms with Crippen molar-refractivity contribution in [2.45, 2.75) is 31.3 Å². The first kappa shape index (κ1) is 9.97. The van der Waals surface area contributed by atoms with E-state index in [-0.39, 0.29) is 6.10 Å². The first-order valence-corrected chi connectivity index (χ1v) is 5.90. The van der Waals surface area contributed by atoms with Gasteiger partial charge in [-0.2, -0.15) is 0 Å². The highest BCUT2D eigenvalue weighted by Crippen LogP contribution is 2.39. The van der Waals surface area contributed by atoms with Crippen molar-refractivity contribution < 1.29 is 14.6 Å². The Balaban J connectivity index is 1.85. The number of ether oxygens (including phenoxy) is 2. The molecule has 16 heavy (non-hydrogen) atoms. The van der Waals surface area contributed by atoms with Crippen LogP contribution in [-0.4, -0.2) is 24.4 Å². The highest BCUT2D eigenvalue weighted by Gasteiger charge is 2.25. The smallest absolute Gasteiger partial charge is 0.161 e. The Morgan fingerprint density at radius 3 is 2.62 bits per heavy atom. The third kappa shape index (κ3) is 1.76. The fourth-order valence-electron chi connectivity index (χ4n) is 2.57. The molecule has 0 saturated heterocycles. The molecule has 3 heteroatoms. The van der Waals surface area contributed by atoms with Gasteiger partial charge in [0.15, 0.2) is 11.5 Å². The molecule has 1 N–H and O–H groups in total. The average Bonchev–Trinajstić information content (AvgIpc) is 2.75. The van der Waals surface area contributed by atoms with Crippen LogP contribution in [0.15, 0.2) is 18.2 Å². The van der Waals surface area contributed by atoms with Gasteiger partial charge in [-0.05, 0) is 42.9 Å². The second kappa shape index (κ2) is 3.98. The molecule has 86 valence electrons. The largest absolute Gasteiger partial charge is 0.486 e. The van der Waals surface area contributed by atoms with Crippen LogP contribution in [0, 0.1) is 0 Å². The monoisotopic (exact) mass is 220 g/mol. The summed E-state index contributed by atoms with van der Waals surface area (Å²) < 4.78 is 11.1. The molecule has 1 aliphatic carbocycles. The summed E-state index contributed by atoms with van der Waals surface area (Å²) in [6, 6.07) is 6.14. The summed E-state index contributed by atoms with van der Waals surface area (Å²) >= 11 is 0. The molecule has 2 unspecified atom stereocenters. The van der Waals surface area contributed by atoms with E-state index in [1.807, 2.05) is 6.07 Å². The summed E-state index contributed by atoms with van der Waals surface area (Å²) in [7, 11) is 0. The third-order valence-corrected chi connectivity index (χ3v) is 3.44. The van der Waals surface area contributed by atoms with Crippen molar-refractivity contribution in [1.29, 1.82) is 0 Å². The Bertz CT molecular complexity index is 389. The maximum atomic E-state index is 9.54. The van der Waals surface area contributed by atoms with E-state index >= 15 is 0 Å². The molecule has 0 radical (unpaired) electrons. The van der Waals surface area contributed by atoms with Crippen LogP contribution in [0.2, 0.25) is 0 Å². The van der Waals surface area contributed by atoms with Crippen LogP contribution in [0.5, 0.6) is 11.5 Å². The zero-order valence-electron chi connectivity index (χ0n) is 9.19. The molecule has 0 bridgehead atoms. The van der Waals surface area contributed by atoms with E-state index in [0.29, 0.717) is 19.1 Å². The molecule has 0 spiro atoms. The molecule has 3 rings (SSSR count). The van der Waals surface area contributed by atoms with Gasteiger partial charge in [-0.1, -0.05) is 6.07 Å². The first-order chi connectivity index (χ1) is 7.83. The van der Waals surface area contributed by atoms with Gasteiger partial charge in [0.2, 0.25) is 0 Å². The first-order valence-electron chi connectivity index (χ1n) is 5.90. The number of rotatable bonds is 1. The predicted molar refractivity (Wildman–Crippen MR) is 60.0 cm³/mol. The van der Waals surface area contributed by atoms with E-state index in [1.165, 1.54) is 5.56 Å². The Kier molecular flexibility index (Phi) is 2.48. The van der Waals surface area contributed by atoms with Crippen molar-refractivity contribution in [1.82, 2.24) is 0 Å². The van der Waals surface area contributed by atoms with Crippen LogP contribution < -0.4 is 9.47 Å². The summed E-state index contributed by atoms with van der Waals surface area (Å²) in [5.41, 5.74) is 1.26. The maximum Gasteiger partial charge on any atom is 0.161 e. The van der Waals surface area contributed by atoms with Gasteiger partial charge >= 0.3 is 0 Å². The lowest BCUT2D eigenvalue weighted by atomic mass is 9.97. The average molecular weight is 220 g/mol.